The van der Waals surface area contributed by atoms with Gasteiger partial charge in [0.15, 0.2) is 9.84 Å². The van der Waals surface area contributed by atoms with Gasteiger partial charge in [0.1, 0.15) is 0 Å². The van der Waals surface area contributed by atoms with E-state index in [1.54, 1.807) is 13.8 Å². The van der Waals surface area contributed by atoms with Gasteiger partial charge in [-0.15, -0.1) is 0 Å². The second kappa shape index (κ2) is 8.82. The number of nitrogens with two attached hydrogens (primary N) is 1. The summed E-state index contributed by atoms with van der Waals surface area (Å²) in [4.78, 5) is 0. The van der Waals surface area contributed by atoms with Gasteiger partial charge >= 0.3 is 0 Å². The van der Waals surface area contributed by atoms with E-state index in [0.717, 1.165) is 0 Å². The van der Waals surface area contributed by atoms with Crippen LogP contribution in [0.25, 0.3) is 0 Å². The van der Waals surface area contributed by atoms with Crippen molar-refractivity contribution in [2.24, 2.45) is 5.73 Å². The first-order chi connectivity index (χ1) is 8.27. The van der Waals surface area contributed by atoms with Crippen molar-refractivity contribution in [2.45, 2.75) is 25.8 Å². The quantitative estimate of drug-likeness (QED) is 0.499. The monoisotopic (exact) mass is 283 g/mol. The zero-order valence-electron chi connectivity index (χ0n) is 11.2. The Morgan fingerprint density at radius 2 is 1.61 bits per heavy atom. The van der Waals surface area contributed by atoms with Crippen molar-refractivity contribution in [3.05, 3.63) is 0 Å². The van der Waals surface area contributed by atoms with Gasteiger partial charge in [-0.3, -0.25) is 0 Å². The Balaban J connectivity index is 3.59. The number of hydrogen-bond acceptors (Lipinski definition) is 6. The van der Waals surface area contributed by atoms with Crippen molar-refractivity contribution < 1.29 is 23.0 Å². The second-order valence-electron chi connectivity index (χ2n) is 4.84. The average molecular weight is 283 g/mol. The molecule has 110 valence electrons. The number of rotatable bonds is 11. The fraction of sp³-hybridized carbons (Fsp3) is 1.00. The summed E-state index contributed by atoms with van der Waals surface area (Å²) < 4.78 is 33.3. The van der Waals surface area contributed by atoms with Crippen molar-refractivity contribution in [3.63, 3.8) is 0 Å². The third kappa shape index (κ3) is 12.3. The smallest absolute Gasteiger partial charge is 0.152 e. The minimum absolute atomic E-state index is 0.00306. The van der Waals surface area contributed by atoms with Gasteiger partial charge < -0.3 is 20.3 Å². The van der Waals surface area contributed by atoms with Crippen LogP contribution in [-0.2, 0) is 19.3 Å². The molecule has 0 radical (unpaired) electrons. The van der Waals surface area contributed by atoms with Crippen molar-refractivity contribution in [1.29, 1.82) is 0 Å². The molecule has 7 heteroatoms. The number of aliphatic hydroxyl groups is 1. The van der Waals surface area contributed by atoms with Crippen LogP contribution in [-0.4, -0.2) is 63.6 Å². The van der Waals surface area contributed by atoms with Crippen molar-refractivity contribution in [1.82, 2.24) is 0 Å². The predicted molar refractivity (Wildman–Crippen MR) is 70.3 cm³/mol. The largest absolute Gasteiger partial charge is 0.394 e. The van der Waals surface area contributed by atoms with Gasteiger partial charge in [-0.2, -0.15) is 0 Å². The SMILES string of the molecule is CC(C)(N)CCS(=O)(=O)CCOCCOCCO. The van der Waals surface area contributed by atoms with Gasteiger partial charge in [0.25, 0.3) is 0 Å². The highest BCUT2D eigenvalue weighted by Crippen LogP contribution is 2.06. The van der Waals surface area contributed by atoms with E-state index in [0.29, 0.717) is 19.6 Å². The van der Waals surface area contributed by atoms with Gasteiger partial charge in [-0.1, -0.05) is 0 Å². The zero-order valence-corrected chi connectivity index (χ0v) is 12.0. The third-order valence-electron chi connectivity index (χ3n) is 2.20. The average Bonchev–Trinajstić information content (AvgIpc) is 2.25. The second-order valence-corrected chi connectivity index (χ2v) is 7.14. The molecule has 0 saturated carbocycles. The summed E-state index contributed by atoms with van der Waals surface area (Å²) in [6.45, 7) is 4.70. The van der Waals surface area contributed by atoms with E-state index in [1.807, 2.05) is 0 Å². The van der Waals surface area contributed by atoms with Crippen LogP contribution >= 0.6 is 0 Å². The highest BCUT2D eigenvalue weighted by atomic mass is 32.2. The predicted octanol–water partition coefficient (Wildman–Crippen LogP) is -0.446. The summed E-state index contributed by atoms with van der Waals surface area (Å²) in [5, 5.41) is 8.45. The molecule has 18 heavy (non-hydrogen) atoms. The Kier molecular flexibility index (Phi) is 8.71. The number of sulfone groups is 1. The molecule has 0 fully saturated rings. The number of ether oxygens (including phenoxy) is 2. The van der Waals surface area contributed by atoms with Crippen molar-refractivity contribution in [2.75, 3.05) is 44.5 Å². The van der Waals surface area contributed by atoms with Crippen LogP contribution in [0.3, 0.4) is 0 Å². The fourth-order valence-corrected chi connectivity index (χ4v) is 2.51. The van der Waals surface area contributed by atoms with E-state index in [-0.39, 0.29) is 31.3 Å². The van der Waals surface area contributed by atoms with E-state index >= 15 is 0 Å². The standard InChI is InChI=1S/C11H25NO5S/c1-11(2,12)3-9-18(14,15)10-8-17-7-6-16-5-4-13/h13H,3-10,12H2,1-2H3. The summed E-state index contributed by atoms with van der Waals surface area (Å²) in [6, 6.07) is 0. The maximum Gasteiger partial charge on any atom is 0.152 e. The van der Waals surface area contributed by atoms with Crippen LogP contribution in [0.2, 0.25) is 0 Å². The van der Waals surface area contributed by atoms with E-state index in [1.165, 1.54) is 0 Å². The highest BCUT2D eigenvalue weighted by molar-refractivity contribution is 7.91. The highest BCUT2D eigenvalue weighted by Gasteiger charge is 2.17. The summed E-state index contributed by atoms with van der Waals surface area (Å²) >= 11 is 0. The normalized spacial score (nSPS) is 12.9. The van der Waals surface area contributed by atoms with E-state index in [4.69, 9.17) is 20.3 Å². The first kappa shape index (κ1) is 17.8. The van der Waals surface area contributed by atoms with Crippen LogP contribution in [0.15, 0.2) is 0 Å². The lowest BCUT2D eigenvalue weighted by Gasteiger charge is -2.17. The topological polar surface area (TPSA) is 98.9 Å². The Bertz CT molecular complexity index is 297. The Morgan fingerprint density at radius 1 is 1.06 bits per heavy atom. The van der Waals surface area contributed by atoms with Gasteiger partial charge in [0, 0.05) is 5.54 Å². The Morgan fingerprint density at radius 3 is 2.11 bits per heavy atom. The molecule has 0 amide bonds. The molecule has 0 aromatic heterocycles. The van der Waals surface area contributed by atoms with Crippen LogP contribution < -0.4 is 5.73 Å². The number of aliphatic hydroxyl groups excluding tert-OH is 1. The molecule has 0 aromatic rings. The van der Waals surface area contributed by atoms with Crippen LogP contribution in [0.5, 0.6) is 0 Å². The lowest BCUT2D eigenvalue weighted by atomic mass is 10.0. The van der Waals surface area contributed by atoms with Gasteiger partial charge in [0.2, 0.25) is 0 Å². The van der Waals surface area contributed by atoms with Gasteiger partial charge in [0.05, 0.1) is 44.5 Å². The molecule has 0 spiro atoms. The maximum absolute atomic E-state index is 11.6. The Hall–Kier alpha value is -0.210. The van der Waals surface area contributed by atoms with E-state index in [2.05, 4.69) is 0 Å². The minimum atomic E-state index is -3.10. The van der Waals surface area contributed by atoms with Crippen LogP contribution in [0.1, 0.15) is 20.3 Å². The molecular weight excluding hydrogens is 258 g/mol. The minimum Gasteiger partial charge on any atom is -0.394 e. The summed E-state index contributed by atoms with van der Waals surface area (Å²) in [5.74, 6) is 0.0873. The molecule has 3 N–H and O–H groups in total. The van der Waals surface area contributed by atoms with E-state index in [9.17, 15) is 8.42 Å². The van der Waals surface area contributed by atoms with Crippen molar-refractivity contribution >= 4 is 9.84 Å². The number of hydrogen-bond donors (Lipinski definition) is 2. The molecule has 0 rings (SSSR count). The molecule has 0 bridgehead atoms. The maximum atomic E-state index is 11.6. The zero-order chi connectivity index (χ0) is 14.1. The Labute approximate surface area is 109 Å². The van der Waals surface area contributed by atoms with Crippen LogP contribution in [0.4, 0.5) is 0 Å². The first-order valence-electron chi connectivity index (χ1n) is 6.02. The van der Waals surface area contributed by atoms with Gasteiger partial charge in [-0.05, 0) is 20.3 Å². The van der Waals surface area contributed by atoms with Gasteiger partial charge in [-0.25, -0.2) is 8.42 Å². The molecular formula is C11H25NO5S. The molecule has 0 atom stereocenters. The molecule has 0 saturated heterocycles. The van der Waals surface area contributed by atoms with Crippen LogP contribution in [0, 0.1) is 0 Å². The summed E-state index contributed by atoms with van der Waals surface area (Å²) in [5.41, 5.74) is 5.27. The molecule has 6 nitrogen and oxygen atoms in total. The molecule has 0 unspecified atom stereocenters. The van der Waals surface area contributed by atoms with E-state index < -0.39 is 15.4 Å². The molecule has 0 aliphatic carbocycles. The molecule has 0 heterocycles. The first-order valence-corrected chi connectivity index (χ1v) is 7.85. The van der Waals surface area contributed by atoms with Crippen molar-refractivity contribution in [3.8, 4) is 0 Å². The molecule has 0 aliphatic heterocycles. The lowest BCUT2D eigenvalue weighted by Crippen LogP contribution is -2.34. The molecule has 0 aliphatic rings. The lowest BCUT2D eigenvalue weighted by molar-refractivity contribution is 0.0375. The third-order valence-corrected chi connectivity index (χ3v) is 3.82. The summed E-state index contributed by atoms with van der Waals surface area (Å²) in [6.07, 6.45) is 0.439. The summed E-state index contributed by atoms with van der Waals surface area (Å²) in [7, 11) is -3.10. The molecule has 0 aromatic carbocycles. The fourth-order valence-electron chi connectivity index (χ4n) is 1.09.